The Labute approximate surface area is 123 Å². The first-order valence-corrected chi connectivity index (χ1v) is 7.06. The Kier molecular flexibility index (Phi) is 3.28. The molecule has 0 aliphatic carbocycles. The largest absolute Gasteiger partial charge is 0.440 e. The molecule has 21 heavy (non-hydrogen) atoms. The van der Waals surface area contributed by atoms with Crippen LogP contribution in [0.2, 0.25) is 0 Å². The second-order valence-corrected chi connectivity index (χ2v) is 6.35. The SMILES string of the molecule is CC(C)(C)c1ccc2oc(Cc3cccc(F)c3)nc2c1. The summed E-state index contributed by atoms with van der Waals surface area (Å²) in [5.74, 6) is 0.375. The molecule has 0 aliphatic heterocycles. The van der Waals surface area contributed by atoms with Gasteiger partial charge in [-0.2, -0.15) is 0 Å². The smallest absolute Gasteiger partial charge is 0.199 e. The second-order valence-electron chi connectivity index (χ2n) is 6.35. The molecule has 3 rings (SSSR count). The van der Waals surface area contributed by atoms with E-state index >= 15 is 0 Å². The molecule has 0 radical (unpaired) electrons. The summed E-state index contributed by atoms with van der Waals surface area (Å²) in [6, 6.07) is 12.6. The molecule has 3 aromatic rings. The van der Waals surface area contributed by atoms with Crippen LogP contribution in [0.4, 0.5) is 4.39 Å². The minimum atomic E-state index is -0.237. The normalized spacial score (nSPS) is 12.0. The van der Waals surface area contributed by atoms with Crippen molar-refractivity contribution in [2.24, 2.45) is 0 Å². The minimum absolute atomic E-state index is 0.0792. The molecule has 0 fully saturated rings. The first-order valence-electron chi connectivity index (χ1n) is 7.06. The van der Waals surface area contributed by atoms with E-state index in [0.717, 1.165) is 16.7 Å². The van der Waals surface area contributed by atoms with Gasteiger partial charge in [0.1, 0.15) is 11.3 Å². The van der Waals surface area contributed by atoms with Crippen molar-refractivity contribution in [3.63, 3.8) is 0 Å². The maximum Gasteiger partial charge on any atom is 0.199 e. The third kappa shape index (κ3) is 2.97. The molecular weight excluding hydrogens is 265 g/mol. The summed E-state index contributed by atoms with van der Waals surface area (Å²) in [6.07, 6.45) is 0.497. The van der Waals surface area contributed by atoms with E-state index in [4.69, 9.17) is 4.42 Å². The van der Waals surface area contributed by atoms with Crippen molar-refractivity contribution in [1.82, 2.24) is 4.98 Å². The van der Waals surface area contributed by atoms with Crippen LogP contribution in [0.15, 0.2) is 46.9 Å². The van der Waals surface area contributed by atoms with E-state index in [1.165, 1.54) is 17.7 Å². The molecule has 0 saturated heterocycles. The van der Waals surface area contributed by atoms with Crippen LogP contribution in [0.5, 0.6) is 0 Å². The van der Waals surface area contributed by atoms with Crippen LogP contribution in [0, 0.1) is 5.82 Å². The lowest BCUT2D eigenvalue weighted by Gasteiger charge is -2.18. The van der Waals surface area contributed by atoms with Gasteiger partial charge in [0.25, 0.3) is 0 Å². The third-order valence-electron chi connectivity index (χ3n) is 3.54. The number of oxazole rings is 1. The number of hydrogen-bond acceptors (Lipinski definition) is 2. The zero-order chi connectivity index (χ0) is 15.0. The molecule has 0 saturated carbocycles. The molecule has 0 aliphatic rings. The van der Waals surface area contributed by atoms with Gasteiger partial charge >= 0.3 is 0 Å². The van der Waals surface area contributed by atoms with Gasteiger partial charge in [-0.05, 0) is 40.8 Å². The average molecular weight is 283 g/mol. The molecule has 0 spiro atoms. The van der Waals surface area contributed by atoms with Crippen molar-refractivity contribution < 1.29 is 8.81 Å². The zero-order valence-electron chi connectivity index (χ0n) is 12.5. The van der Waals surface area contributed by atoms with Crippen LogP contribution in [-0.4, -0.2) is 4.98 Å². The summed E-state index contributed by atoms with van der Waals surface area (Å²) in [5, 5.41) is 0. The lowest BCUT2D eigenvalue weighted by atomic mass is 9.87. The maximum atomic E-state index is 13.2. The monoisotopic (exact) mass is 283 g/mol. The number of benzene rings is 2. The molecule has 2 nitrogen and oxygen atoms in total. The first kappa shape index (κ1) is 13.8. The van der Waals surface area contributed by atoms with Gasteiger partial charge in [-0.3, -0.25) is 0 Å². The summed E-state index contributed by atoms with van der Waals surface area (Å²) in [7, 11) is 0. The highest BCUT2D eigenvalue weighted by molar-refractivity contribution is 5.73. The molecule has 3 heteroatoms. The Morgan fingerprint density at radius 1 is 1.10 bits per heavy atom. The van der Waals surface area contributed by atoms with Crippen molar-refractivity contribution in [3.05, 3.63) is 65.3 Å². The Balaban J connectivity index is 1.94. The second kappa shape index (κ2) is 4.99. The highest BCUT2D eigenvalue weighted by Crippen LogP contribution is 2.26. The first-order chi connectivity index (χ1) is 9.91. The van der Waals surface area contributed by atoms with E-state index in [1.54, 1.807) is 6.07 Å². The molecule has 0 N–H and O–H groups in total. The Hall–Kier alpha value is -2.16. The summed E-state index contributed by atoms with van der Waals surface area (Å²) >= 11 is 0. The molecule has 108 valence electrons. The molecule has 2 aromatic carbocycles. The predicted octanol–water partition coefficient (Wildman–Crippen LogP) is 4.86. The van der Waals surface area contributed by atoms with Crippen molar-refractivity contribution in [3.8, 4) is 0 Å². The van der Waals surface area contributed by atoms with Crippen LogP contribution in [-0.2, 0) is 11.8 Å². The van der Waals surface area contributed by atoms with Crippen molar-refractivity contribution >= 4 is 11.1 Å². The van der Waals surface area contributed by atoms with Crippen LogP contribution >= 0.6 is 0 Å². The molecule has 1 aromatic heterocycles. The standard InChI is InChI=1S/C18H18FNO/c1-18(2,3)13-7-8-16-15(11-13)20-17(21-16)10-12-5-4-6-14(19)9-12/h4-9,11H,10H2,1-3H3. The molecule has 0 atom stereocenters. The summed E-state index contributed by atoms with van der Waals surface area (Å²) < 4.78 is 19.0. The molecule has 1 heterocycles. The Bertz CT molecular complexity index is 783. The van der Waals surface area contributed by atoms with E-state index in [9.17, 15) is 4.39 Å². The molecule has 0 unspecified atom stereocenters. The summed E-state index contributed by atoms with van der Waals surface area (Å²) in [6.45, 7) is 6.51. The van der Waals surface area contributed by atoms with E-state index in [0.29, 0.717) is 12.3 Å². The van der Waals surface area contributed by atoms with Gasteiger partial charge < -0.3 is 4.42 Å². The number of aromatic nitrogens is 1. The van der Waals surface area contributed by atoms with Crippen molar-refractivity contribution in [1.29, 1.82) is 0 Å². The van der Waals surface area contributed by atoms with Crippen LogP contribution in [0.25, 0.3) is 11.1 Å². The van der Waals surface area contributed by atoms with Gasteiger partial charge in [0.05, 0.1) is 0 Å². The van der Waals surface area contributed by atoms with Crippen molar-refractivity contribution in [2.75, 3.05) is 0 Å². The average Bonchev–Trinajstić information content (AvgIpc) is 2.78. The van der Waals surface area contributed by atoms with Crippen LogP contribution in [0.3, 0.4) is 0 Å². The van der Waals surface area contributed by atoms with Gasteiger partial charge in [0.2, 0.25) is 0 Å². The predicted molar refractivity (Wildman–Crippen MR) is 81.9 cm³/mol. The van der Waals surface area contributed by atoms with Crippen molar-refractivity contribution in [2.45, 2.75) is 32.6 Å². The number of hydrogen-bond donors (Lipinski definition) is 0. The number of nitrogens with zero attached hydrogens (tertiary/aromatic N) is 1. The van der Waals surface area contributed by atoms with E-state index in [-0.39, 0.29) is 11.2 Å². The third-order valence-corrected chi connectivity index (χ3v) is 3.54. The topological polar surface area (TPSA) is 26.0 Å². The van der Waals surface area contributed by atoms with E-state index in [1.807, 2.05) is 12.1 Å². The fourth-order valence-electron chi connectivity index (χ4n) is 2.34. The fraction of sp³-hybridized carbons (Fsp3) is 0.278. The summed E-state index contributed by atoms with van der Waals surface area (Å²) in [4.78, 5) is 4.52. The highest BCUT2D eigenvalue weighted by atomic mass is 19.1. The molecule has 0 amide bonds. The van der Waals surface area contributed by atoms with Crippen LogP contribution in [0.1, 0.15) is 37.8 Å². The Morgan fingerprint density at radius 3 is 2.62 bits per heavy atom. The van der Waals surface area contributed by atoms with E-state index < -0.39 is 0 Å². The quantitative estimate of drug-likeness (QED) is 0.671. The number of fused-ring (bicyclic) bond motifs is 1. The van der Waals surface area contributed by atoms with Gasteiger partial charge in [-0.15, -0.1) is 0 Å². The molecule has 0 bridgehead atoms. The Morgan fingerprint density at radius 2 is 1.90 bits per heavy atom. The zero-order valence-corrected chi connectivity index (χ0v) is 12.5. The van der Waals surface area contributed by atoms with E-state index in [2.05, 4.69) is 37.9 Å². The fourth-order valence-corrected chi connectivity index (χ4v) is 2.34. The van der Waals surface area contributed by atoms with Crippen LogP contribution < -0.4 is 0 Å². The highest BCUT2D eigenvalue weighted by Gasteiger charge is 2.15. The number of halogens is 1. The minimum Gasteiger partial charge on any atom is -0.440 e. The summed E-state index contributed by atoms with van der Waals surface area (Å²) in [5.41, 5.74) is 3.79. The number of rotatable bonds is 2. The lowest BCUT2D eigenvalue weighted by Crippen LogP contribution is -2.10. The van der Waals surface area contributed by atoms with Gasteiger partial charge in [-0.1, -0.05) is 39.0 Å². The van der Waals surface area contributed by atoms with Gasteiger partial charge in [0.15, 0.2) is 11.5 Å². The van der Waals surface area contributed by atoms with Gasteiger partial charge in [-0.25, -0.2) is 9.37 Å². The lowest BCUT2D eigenvalue weighted by molar-refractivity contribution is 0.542. The maximum absolute atomic E-state index is 13.2. The molecular formula is C18H18FNO. The van der Waals surface area contributed by atoms with Gasteiger partial charge in [0, 0.05) is 6.42 Å².